The Morgan fingerprint density at radius 3 is 2.67 bits per heavy atom. The van der Waals surface area contributed by atoms with Crippen molar-refractivity contribution in [1.29, 1.82) is 0 Å². The Hall–Kier alpha value is -0.840. The number of halogens is 2. The summed E-state index contributed by atoms with van der Waals surface area (Å²) in [4.78, 5) is 12.8. The molecule has 2 aromatic heterocycles. The minimum Gasteiger partial charge on any atom is -0.248 e. The van der Waals surface area contributed by atoms with Gasteiger partial charge in [-0.1, -0.05) is 37.0 Å². The number of aromatic nitrogens is 3. The molecule has 6 heteroatoms. The van der Waals surface area contributed by atoms with Crippen molar-refractivity contribution in [1.82, 2.24) is 15.0 Å². The Morgan fingerprint density at radius 2 is 2.00 bits per heavy atom. The van der Waals surface area contributed by atoms with Crippen molar-refractivity contribution in [3.63, 3.8) is 0 Å². The van der Waals surface area contributed by atoms with Gasteiger partial charge in [-0.25, -0.2) is 15.0 Å². The molecule has 18 heavy (non-hydrogen) atoms. The molecule has 0 atom stereocenters. The van der Waals surface area contributed by atoms with Gasteiger partial charge in [-0.2, -0.15) is 0 Å². The van der Waals surface area contributed by atoms with E-state index in [0.29, 0.717) is 15.2 Å². The molecule has 0 saturated heterocycles. The van der Waals surface area contributed by atoms with Crippen molar-refractivity contribution in [2.45, 2.75) is 29.8 Å². The Labute approximate surface area is 120 Å². The van der Waals surface area contributed by atoms with Gasteiger partial charge in [-0.15, -0.1) is 0 Å². The zero-order valence-electron chi connectivity index (χ0n) is 9.89. The van der Waals surface area contributed by atoms with Crippen molar-refractivity contribution in [2.24, 2.45) is 0 Å². The second-order valence-corrected chi connectivity index (χ2v) is 5.74. The number of rotatable bonds is 3. The molecular formula is C12H11Cl2N3S. The summed E-state index contributed by atoms with van der Waals surface area (Å²) in [5.41, 5.74) is 0. The Bertz CT molecular complexity index is 561. The van der Waals surface area contributed by atoms with Crippen molar-refractivity contribution in [3.8, 4) is 0 Å². The van der Waals surface area contributed by atoms with Gasteiger partial charge < -0.3 is 0 Å². The van der Waals surface area contributed by atoms with Gasteiger partial charge in [0.15, 0.2) is 0 Å². The summed E-state index contributed by atoms with van der Waals surface area (Å²) in [7, 11) is 0. The van der Waals surface area contributed by atoms with Crippen LogP contribution in [0.1, 0.15) is 25.6 Å². The first-order valence-electron chi connectivity index (χ1n) is 5.39. The quantitative estimate of drug-likeness (QED) is 0.785. The Kier molecular flexibility index (Phi) is 4.43. The molecule has 2 aromatic rings. The predicted octanol–water partition coefficient (Wildman–Crippen LogP) is 4.45. The lowest BCUT2D eigenvalue weighted by Gasteiger charge is -2.07. The van der Waals surface area contributed by atoms with Crippen LogP contribution in [-0.2, 0) is 0 Å². The van der Waals surface area contributed by atoms with Crippen LogP contribution in [-0.4, -0.2) is 15.0 Å². The van der Waals surface area contributed by atoms with Gasteiger partial charge in [-0.05, 0) is 23.9 Å². The van der Waals surface area contributed by atoms with Crippen LogP contribution < -0.4 is 0 Å². The highest BCUT2D eigenvalue weighted by molar-refractivity contribution is 7.99. The third-order valence-corrected chi connectivity index (χ3v) is 3.68. The molecule has 94 valence electrons. The average Bonchev–Trinajstić information content (AvgIpc) is 2.31. The lowest BCUT2D eigenvalue weighted by molar-refractivity contribution is 0.753. The topological polar surface area (TPSA) is 38.7 Å². The van der Waals surface area contributed by atoms with Gasteiger partial charge in [0.05, 0.1) is 5.02 Å². The molecule has 0 aliphatic carbocycles. The van der Waals surface area contributed by atoms with Crippen LogP contribution in [0.2, 0.25) is 10.2 Å². The number of pyridine rings is 1. The normalized spacial score (nSPS) is 10.9. The summed E-state index contributed by atoms with van der Waals surface area (Å²) in [6.45, 7) is 4.04. The Morgan fingerprint density at radius 1 is 1.22 bits per heavy atom. The van der Waals surface area contributed by atoms with Gasteiger partial charge in [0.1, 0.15) is 21.0 Å². The largest absolute Gasteiger partial charge is 0.248 e. The van der Waals surface area contributed by atoms with E-state index in [1.165, 1.54) is 11.8 Å². The van der Waals surface area contributed by atoms with E-state index < -0.39 is 0 Å². The highest BCUT2D eigenvalue weighted by Crippen LogP contribution is 2.31. The van der Waals surface area contributed by atoms with Crippen LogP contribution >= 0.6 is 35.0 Å². The zero-order chi connectivity index (χ0) is 13.1. The summed E-state index contributed by atoms with van der Waals surface area (Å²) in [6.07, 6.45) is 1.69. The maximum atomic E-state index is 6.06. The van der Waals surface area contributed by atoms with Crippen LogP contribution in [0.5, 0.6) is 0 Å². The van der Waals surface area contributed by atoms with Crippen molar-refractivity contribution >= 4 is 35.0 Å². The second-order valence-electron chi connectivity index (χ2n) is 3.93. The van der Waals surface area contributed by atoms with Crippen LogP contribution in [0.4, 0.5) is 0 Å². The second kappa shape index (κ2) is 5.87. The first-order valence-corrected chi connectivity index (χ1v) is 6.96. The van der Waals surface area contributed by atoms with Gasteiger partial charge >= 0.3 is 0 Å². The lowest BCUT2D eigenvalue weighted by Crippen LogP contribution is -1.98. The van der Waals surface area contributed by atoms with E-state index >= 15 is 0 Å². The van der Waals surface area contributed by atoms with Crippen LogP contribution in [0.3, 0.4) is 0 Å². The van der Waals surface area contributed by atoms with E-state index in [4.69, 9.17) is 23.2 Å². The molecule has 0 aliphatic heterocycles. The third-order valence-electron chi connectivity index (χ3n) is 2.13. The van der Waals surface area contributed by atoms with E-state index in [1.807, 2.05) is 13.8 Å². The SMILES string of the molecule is CC(C)c1nc(Cl)cc(Sc2ncccc2Cl)n1. The number of nitrogens with zero attached hydrogens (tertiary/aromatic N) is 3. The van der Waals surface area contributed by atoms with Crippen LogP contribution in [0, 0.1) is 0 Å². The standard InChI is InChI=1S/C12H11Cl2N3S/c1-7(2)11-16-9(14)6-10(17-11)18-12-8(13)4-3-5-15-12/h3-7H,1-2H3. The molecule has 0 unspecified atom stereocenters. The summed E-state index contributed by atoms with van der Waals surface area (Å²) in [5, 5.41) is 2.49. The number of hydrogen-bond acceptors (Lipinski definition) is 4. The molecule has 0 radical (unpaired) electrons. The predicted molar refractivity (Wildman–Crippen MR) is 74.5 cm³/mol. The minimum atomic E-state index is 0.224. The molecule has 0 N–H and O–H groups in total. The fraction of sp³-hybridized carbons (Fsp3) is 0.250. The van der Waals surface area contributed by atoms with Gasteiger partial charge in [0.25, 0.3) is 0 Å². The lowest BCUT2D eigenvalue weighted by atomic mass is 10.2. The molecule has 0 aromatic carbocycles. The molecule has 0 bridgehead atoms. The van der Waals surface area contributed by atoms with Crippen molar-refractivity contribution in [2.75, 3.05) is 0 Å². The molecule has 0 amide bonds. The smallest absolute Gasteiger partial charge is 0.133 e. The minimum absolute atomic E-state index is 0.224. The highest BCUT2D eigenvalue weighted by Gasteiger charge is 2.10. The van der Waals surface area contributed by atoms with Crippen molar-refractivity contribution < 1.29 is 0 Å². The molecule has 0 aliphatic rings. The monoisotopic (exact) mass is 299 g/mol. The fourth-order valence-corrected chi connectivity index (χ4v) is 2.55. The van der Waals surface area contributed by atoms with Gasteiger partial charge in [-0.3, -0.25) is 0 Å². The highest BCUT2D eigenvalue weighted by atomic mass is 35.5. The van der Waals surface area contributed by atoms with E-state index in [0.717, 1.165) is 10.9 Å². The maximum Gasteiger partial charge on any atom is 0.133 e. The molecule has 3 nitrogen and oxygen atoms in total. The van der Waals surface area contributed by atoms with Gasteiger partial charge in [0.2, 0.25) is 0 Å². The van der Waals surface area contributed by atoms with E-state index in [-0.39, 0.29) is 5.92 Å². The summed E-state index contributed by atoms with van der Waals surface area (Å²) in [6, 6.07) is 5.30. The molecule has 2 rings (SSSR count). The zero-order valence-corrected chi connectivity index (χ0v) is 12.2. The summed E-state index contributed by atoms with van der Waals surface area (Å²) < 4.78 is 0. The maximum absolute atomic E-state index is 6.06. The van der Waals surface area contributed by atoms with E-state index in [2.05, 4.69) is 15.0 Å². The molecule has 0 fully saturated rings. The van der Waals surface area contributed by atoms with Crippen LogP contribution in [0.15, 0.2) is 34.4 Å². The molecule has 2 heterocycles. The average molecular weight is 300 g/mol. The van der Waals surface area contributed by atoms with Crippen molar-refractivity contribution in [3.05, 3.63) is 40.4 Å². The Balaban J connectivity index is 2.32. The van der Waals surface area contributed by atoms with E-state index in [1.54, 1.807) is 24.4 Å². The summed E-state index contributed by atoms with van der Waals surface area (Å²) >= 11 is 13.4. The molecular weight excluding hydrogens is 289 g/mol. The van der Waals surface area contributed by atoms with Crippen LogP contribution in [0.25, 0.3) is 0 Å². The fourth-order valence-electron chi connectivity index (χ4n) is 1.27. The number of hydrogen-bond donors (Lipinski definition) is 0. The van der Waals surface area contributed by atoms with Gasteiger partial charge in [0, 0.05) is 18.2 Å². The first-order chi connectivity index (χ1) is 8.56. The third kappa shape index (κ3) is 3.34. The van der Waals surface area contributed by atoms with E-state index in [9.17, 15) is 0 Å². The molecule has 0 saturated carbocycles. The molecule has 0 spiro atoms. The first kappa shape index (κ1) is 13.6. The summed E-state index contributed by atoms with van der Waals surface area (Å²) in [5.74, 6) is 0.944.